The summed E-state index contributed by atoms with van der Waals surface area (Å²) in [5.74, 6) is 0.871. The van der Waals surface area contributed by atoms with Gasteiger partial charge in [-0.2, -0.15) is 0 Å². The highest BCUT2D eigenvalue weighted by Crippen LogP contribution is 2.29. The topological polar surface area (TPSA) is 76.0 Å². The zero-order valence-corrected chi connectivity index (χ0v) is 9.33. The number of hydrogen-bond acceptors (Lipinski definition) is 3. The Kier molecular flexibility index (Phi) is 2.84. The average molecular weight is 228 g/mol. The standard InChI is InChI=1S/C10H16N2O2S/c11-10(9-1-4-12-7-9)8-2-5-15(13,14)6-3-8/h1,4,7-8,10,12H,2-3,5-6,11H2. The molecule has 1 unspecified atom stereocenters. The maximum atomic E-state index is 11.3. The molecule has 1 aromatic rings. The van der Waals surface area contributed by atoms with Crippen LogP contribution in [-0.2, 0) is 9.84 Å². The highest BCUT2D eigenvalue weighted by Gasteiger charge is 2.28. The Labute approximate surface area is 89.8 Å². The van der Waals surface area contributed by atoms with Crippen molar-refractivity contribution in [2.75, 3.05) is 11.5 Å². The summed E-state index contributed by atoms with van der Waals surface area (Å²) in [4.78, 5) is 2.97. The third-order valence-electron chi connectivity index (χ3n) is 3.11. The van der Waals surface area contributed by atoms with Crippen LogP contribution in [0.5, 0.6) is 0 Å². The summed E-state index contributed by atoms with van der Waals surface area (Å²) in [7, 11) is -2.78. The molecule has 0 aliphatic carbocycles. The Balaban J connectivity index is 2.02. The Morgan fingerprint density at radius 1 is 1.40 bits per heavy atom. The van der Waals surface area contributed by atoms with E-state index in [-0.39, 0.29) is 17.5 Å². The van der Waals surface area contributed by atoms with Gasteiger partial charge in [0.15, 0.2) is 0 Å². The highest BCUT2D eigenvalue weighted by molar-refractivity contribution is 7.91. The molecule has 84 valence electrons. The lowest BCUT2D eigenvalue weighted by molar-refractivity contribution is 0.392. The van der Waals surface area contributed by atoms with Crippen molar-refractivity contribution in [1.29, 1.82) is 0 Å². The van der Waals surface area contributed by atoms with Gasteiger partial charge in [0.1, 0.15) is 9.84 Å². The second-order valence-corrected chi connectivity index (χ2v) is 6.46. The predicted octanol–water partition coefficient (Wildman–Crippen LogP) is 0.839. The largest absolute Gasteiger partial charge is 0.367 e. The lowest BCUT2D eigenvalue weighted by Gasteiger charge is -2.26. The first-order chi connectivity index (χ1) is 7.08. The van der Waals surface area contributed by atoms with Crippen LogP contribution in [0, 0.1) is 5.92 Å². The van der Waals surface area contributed by atoms with Gasteiger partial charge in [-0.1, -0.05) is 0 Å². The minimum absolute atomic E-state index is 0.0354. The van der Waals surface area contributed by atoms with E-state index in [2.05, 4.69) is 4.98 Å². The SMILES string of the molecule is NC(c1cc[nH]c1)C1CCS(=O)(=O)CC1. The molecule has 1 aliphatic heterocycles. The van der Waals surface area contributed by atoms with Crippen molar-refractivity contribution in [2.45, 2.75) is 18.9 Å². The van der Waals surface area contributed by atoms with Gasteiger partial charge in [-0.05, 0) is 30.4 Å². The summed E-state index contributed by atoms with van der Waals surface area (Å²) in [5.41, 5.74) is 7.16. The molecule has 0 amide bonds. The molecule has 1 atom stereocenters. The Morgan fingerprint density at radius 3 is 2.60 bits per heavy atom. The number of rotatable bonds is 2. The third-order valence-corrected chi connectivity index (χ3v) is 4.83. The van der Waals surface area contributed by atoms with Gasteiger partial charge >= 0.3 is 0 Å². The van der Waals surface area contributed by atoms with Crippen LogP contribution in [-0.4, -0.2) is 24.9 Å². The molecule has 2 rings (SSSR count). The van der Waals surface area contributed by atoms with Crippen molar-refractivity contribution in [3.05, 3.63) is 24.0 Å². The van der Waals surface area contributed by atoms with Crippen molar-refractivity contribution >= 4 is 9.84 Å². The second kappa shape index (κ2) is 3.98. The van der Waals surface area contributed by atoms with Crippen molar-refractivity contribution in [3.8, 4) is 0 Å². The van der Waals surface area contributed by atoms with Crippen molar-refractivity contribution in [3.63, 3.8) is 0 Å². The van der Waals surface area contributed by atoms with E-state index >= 15 is 0 Å². The molecule has 0 aromatic carbocycles. The predicted molar refractivity (Wildman–Crippen MR) is 59.1 cm³/mol. The van der Waals surface area contributed by atoms with E-state index in [1.807, 2.05) is 18.5 Å². The van der Waals surface area contributed by atoms with Crippen LogP contribution in [0.15, 0.2) is 18.5 Å². The number of sulfone groups is 1. The molecule has 1 aliphatic rings. The number of nitrogens with two attached hydrogens (primary N) is 1. The molecule has 2 heterocycles. The first kappa shape index (κ1) is 10.7. The third kappa shape index (κ3) is 2.41. The fourth-order valence-corrected chi connectivity index (χ4v) is 3.61. The second-order valence-electron chi connectivity index (χ2n) is 4.16. The molecular formula is C10H16N2O2S. The summed E-state index contributed by atoms with van der Waals surface area (Å²) in [6.45, 7) is 0. The first-order valence-electron chi connectivity index (χ1n) is 5.17. The zero-order valence-electron chi connectivity index (χ0n) is 8.52. The van der Waals surface area contributed by atoms with Crippen LogP contribution in [0.4, 0.5) is 0 Å². The van der Waals surface area contributed by atoms with E-state index in [1.165, 1.54) is 0 Å². The normalized spacial score (nSPS) is 23.8. The lowest BCUT2D eigenvalue weighted by Crippen LogP contribution is -2.30. The van der Waals surface area contributed by atoms with Gasteiger partial charge < -0.3 is 10.7 Å². The molecule has 0 radical (unpaired) electrons. The molecule has 1 saturated heterocycles. The fourth-order valence-electron chi connectivity index (χ4n) is 2.08. The summed E-state index contributed by atoms with van der Waals surface area (Å²) in [5, 5.41) is 0. The van der Waals surface area contributed by atoms with E-state index < -0.39 is 9.84 Å². The Morgan fingerprint density at radius 2 is 2.07 bits per heavy atom. The zero-order chi connectivity index (χ0) is 10.9. The Hall–Kier alpha value is -0.810. The molecule has 5 heteroatoms. The van der Waals surface area contributed by atoms with Gasteiger partial charge in [0.25, 0.3) is 0 Å². The van der Waals surface area contributed by atoms with Crippen molar-refractivity contribution < 1.29 is 8.42 Å². The first-order valence-corrected chi connectivity index (χ1v) is 6.99. The van der Waals surface area contributed by atoms with Gasteiger partial charge in [-0.3, -0.25) is 0 Å². The van der Waals surface area contributed by atoms with Gasteiger partial charge in [0, 0.05) is 18.4 Å². The number of hydrogen-bond donors (Lipinski definition) is 2. The van der Waals surface area contributed by atoms with Crippen LogP contribution < -0.4 is 5.73 Å². The monoisotopic (exact) mass is 228 g/mol. The lowest BCUT2D eigenvalue weighted by atomic mass is 9.90. The maximum absolute atomic E-state index is 11.3. The van der Waals surface area contributed by atoms with Crippen LogP contribution in [0.1, 0.15) is 24.4 Å². The summed E-state index contributed by atoms with van der Waals surface area (Å²) >= 11 is 0. The smallest absolute Gasteiger partial charge is 0.150 e. The fraction of sp³-hybridized carbons (Fsp3) is 0.600. The van der Waals surface area contributed by atoms with Crippen LogP contribution in [0.3, 0.4) is 0 Å². The van der Waals surface area contributed by atoms with Gasteiger partial charge in [0.2, 0.25) is 0 Å². The number of H-pyrrole nitrogens is 1. The number of aromatic nitrogens is 1. The molecule has 0 bridgehead atoms. The average Bonchev–Trinajstić information content (AvgIpc) is 2.69. The Bertz CT molecular complexity index is 397. The summed E-state index contributed by atoms with van der Waals surface area (Å²) < 4.78 is 22.5. The molecule has 1 fully saturated rings. The molecule has 0 saturated carbocycles. The minimum Gasteiger partial charge on any atom is -0.367 e. The molecule has 0 spiro atoms. The van der Waals surface area contributed by atoms with E-state index in [0.717, 1.165) is 5.56 Å². The molecule has 1 aromatic heterocycles. The molecule has 15 heavy (non-hydrogen) atoms. The van der Waals surface area contributed by atoms with Crippen LogP contribution in [0.2, 0.25) is 0 Å². The van der Waals surface area contributed by atoms with Crippen molar-refractivity contribution in [2.24, 2.45) is 11.7 Å². The highest BCUT2D eigenvalue weighted by atomic mass is 32.2. The minimum atomic E-state index is -2.78. The molecule has 4 nitrogen and oxygen atoms in total. The van der Waals surface area contributed by atoms with E-state index in [0.29, 0.717) is 18.8 Å². The molecule has 3 N–H and O–H groups in total. The van der Waals surface area contributed by atoms with Gasteiger partial charge in [-0.15, -0.1) is 0 Å². The van der Waals surface area contributed by atoms with E-state index in [9.17, 15) is 8.42 Å². The van der Waals surface area contributed by atoms with Crippen molar-refractivity contribution in [1.82, 2.24) is 4.98 Å². The maximum Gasteiger partial charge on any atom is 0.150 e. The van der Waals surface area contributed by atoms with E-state index in [1.54, 1.807) is 0 Å². The van der Waals surface area contributed by atoms with E-state index in [4.69, 9.17) is 5.73 Å². The quantitative estimate of drug-likeness (QED) is 0.787. The molecular weight excluding hydrogens is 212 g/mol. The summed E-state index contributed by atoms with van der Waals surface area (Å²) in [6, 6.07) is 1.92. The summed E-state index contributed by atoms with van der Waals surface area (Å²) in [6.07, 6.45) is 5.10. The number of nitrogens with one attached hydrogen (secondary N) is 1. The van der Waals surface area contributed by atoms with Crippen LogP contribution >= 0.6 is 0 Å². The number of aromatic amines is 1. The van der Waals surface area contributed by atoms with Gasteiger partial charge in [0.05, 0.1) is 11.5 Å². The van der Waals surface area contributed by atoms with Crippen LogP contribution in [0.25, 0.3) is 0 Å². The van der Waals surface area contributed by atoms with Gasteiger partial charge in [-0.25, -0.2) is 8.42 Å².